The molecule has 0 aliphatic carbocycles. The molecule has 3 heterocycles. The molecule has 1 aromatic heterocycles. The predicted molar refractivity (Wildman–Crippen MR) is 116 cm³/mol. The molecule has 2 aromatic rings. The standard InChI is InChI=1S/C22H25N3O4S/c1-3-17-7-9-18(10-8-17)20-16(2)21(23-30(20,27)28)24-11-5-12-25(14-13-24)22(26)19-6-4-15-29-19/h4,6-10,15H,3,5,11-14H2,1-2H3. The van der Waals surface area contributed by atoms with Crippen LogP contribution in [0.5, 0.6) is 0 Å². The first kappa shape index (κ1) is 20.4. The van der Waals surface area contributed by atoms with E-state index in [0.29, 0.717) is 48.9 Å². The second-order valence-electron chi connectivity index (χ2n) is 7.50. The molecular formula is C22H25N3O4S. The van der Waals surface area contributed by atoms with Crippen LogP contribution in [0.1, 0.15) is 41.9 Å². The maximum atomic E-state index is 12.8. The fraction of sp³-hybridized carbons (Fsp3) is 0.364. The van der Waals surface area contributed by atoms with Crippen LogP contribution in [0.25, 0.3) is 4.91 Å². The zero-order chi connectivity index (χ0) is 21.3. The average Bonchev–Trinajstić information content (AvgIpc) is 3.26. The summed E-state index contributed by atoms with van der Waals surface area (Å²) in [5, 5.41) is 0. The van der Waals surface area contributed by atoms with Crippen LogP contribution in [0.4, 0.5) is 0 Å². The van der Waals surface area contributed by atoms with Gasteiger partial charge in [0.2, 0.25) is 0 Å². The molecule has 0 radical (unpaired) electrons. The third kappa shape index (κ3) is 3.79. The van der Waals surface area contributed by atoms with E-state index in [9.17, 15) is 13.2 Å². The minimum absolute atomic E-state index is 0.146. The van der Waals surface area contributed by atoms with Gasteiger partial charge in [-0.3, -0.25) is 4.79 Å². The molecule has 158 valence electrons. The summed E-state index contributed by atoms with van der Waals surface area (Å²) >= 11 is 0. The van der Waals surface area contributed by atoms with E-state index in [1.54, 1.807) is 17.0 Å². The van der Waals surface area contributed by atoms with Crippen molar-refractivity contribution in [1.82, 2.24) is 9.80 Å². The van der Waals surface area contributed by atoms with Crippen molar-refractivity contribution in [2.24, 2.45) is 4.40 Å². The molecule has 4 rings (SSSR count). The highest BCUT2D eigenvalue weighted by molar-refractivity contribution is 8.00. The highest BCUT2D eigenvalue weighted by Gasteiger charge is 2.34. The minimum atomic E-state index is -3.75. The summed E-state index contributed by atoms with van der Waals surface area (Å²) in [7, 11) is -3.75. The van der Waals surface area contributed by atoms with Crippen LogP contribution in [-0.4, -0.2) is 56.1 Å². The lowest BCUT2D eigenvalue weighted by Gasteiger charge is -2.23. The number of aryl methyl sites for hydroxylation is 1. The van der Waals surface area contributed by atoms with Crippen LogP contribution in [-0.2, 0) is 16.4 Å². The highest BCUT2D eigenvalue weighted by Crippen LogP contribution is 2.34. The Morgan fingerprint density at radius 3 is 2.53 bits per heavy atom. The molecule has 1 saturated heterocycles. The number of amides is 1. The Morgan fingerprint density at radius 1 is 1.10 bits per heavy atom. The molecule has 0 unspecified atom stereocenters. The molecule has 1 amide bonds. The van der Waals surface area contributed by atoms with Gasteiger partial charge in [-0.2, -0.15) is 8.42 Å². The normalized spacial score (nSPS) is 19.1. The van der Waals surface area contributed by atoms with E-state index >= 15 is 0 Å². The number of hydrogen-bond donors (Lipinski definition) is 0. The van der Waals surface area contributed by atoms with E-state index in [2.05, 4.69) is 11.3 Å². The molecule has 0 spiro atoms. The number of nitrogens with zero attached hydrogens (tertiary/aromatic N) is 3. The summed E-state index contributed by atoms with van der Waals surface area (Å²) < 4.78 is 35.0. The lowest BCUT2D eigenvalue weighted by molar-refractivity contribution is 0.0732. The van der Waals surface area contributed by atoms with E-state index < -0.39 is 10.0 Å². The fourth-order valence-electron chi connectivity index (χ4n) is 3.96. The second kappa shape index (κ2) is 8.10. The zero-order valence-corrected chi connectivity index (χ0v) is 18.0. The zero-order valence-electron chi connectivity index (χ0n) is 17.2. The van der Waals surface area contributed by atoms with Crippen LogP contribution < -0.4 is 0 Å². The van der Waals surface area contributed by atoms with Crippen LogP contribution >= 0.6 is 0 Å². The topological polar surface area (TPSA) is 83.2 Å². The quantitative estimate of drug-likeness (QED) is 0.751. The molecule has 1 fully saturated rings. The van der Waals surface area contributed by atoms with Crippen molar-refractivity contribution in [2.45, 2.75) is 26.7 Å². The van der Waals surface area contributed by atoms with Crippen molar-refractivity contribution in [2.75, 3.05) is 26.2 Å². The highest BCUT2D eigenvalue weighted by atomic mass is 32.2. The molecule has 0 saturated carbocycles. The Hall–Kier alpha value is -2.87. The third-order valence-electron chi connectivity index (χ3n) is 5.58. The van der Waals surface area contributed by atoms with Gasteiger partial charge in [-0.15, -0.1) is 4.40 Å². The monoisotopic (exact) mass is 427 g/mol. The number of sulfonamides is 1. The Kier molecular flexibility index (Phi) is 5.51. The predicted octanol–water partition coefficient (Wildman–Crippen LogP) is 3.16. The van der Waals surface area contributed by atoms with E-state index in [1.807, 2.05) is 36.1 Å². The first-order valence-corrected chi connectivity index (χ1v) is 11.6. The van der Waals surface area contributed by atoms with Gasteiger partial charge in [-0.1, -0.05) is 31.2 Å². The summed E-state index contributed by atoms with van der Waals surface area (Å²) in [5.74, 6) is 0.654. The first-order chi connectivity index (χ1) is 14.4. The molecule has 1 aromatic carbocycles. The molecule has 0 bridgehead atoms. The smallest absolute Gasteiger partial charge is 0.289 e. The maximum Gasteiger partial charge on any atom is 0.289 e. The molecule has 8 heteroatoms. The van der Waals surface area contributed by atoms with Gasteiger partial charge in [0.05, 0.1) is 6.26 Å². The fourth-order valence-corrected chi connectivity index (χ4v) is 5.45. The summed E-state index contributed by atoms with van der Waals surface area (Å²) in [4.78, 5) is 16.6. The van der Waals surface area contributed by atoms with Crippen molar-refractivity contribution in [3.05, 3.63) is 65.1 Å². The lowest BCUT2D eigenvalue weighted by Crippen LogP contribution is -2.37. The molecule has 0 atom stereocenters. The summed E-state index contributed by atoms with van der Waals surface area (Å²) in [6, 6.07) is 10.9. The molecule has 2 aliphatic rings. The van der Waals surface area contributed by atoms with Crippen LogP contribution in [0.15, 0.2) is 57.0 Å². The van der Waals surface area contributed by atoms with Crippen molar-refractivity contribution >= 4 is 26.7 Å². The number of rotatable bonds is 3. The van der Waals surface area contributed by atoms with Crippen LogP contribution in [0.2, 0.25) is 0 Å². The van der Waals surface area contributed by atoms with Gasteiger partial charge < -0.3 is 14.2 Å². The second-order valence-corrected chi connectivity index (χ2v) is 9.05. The number of hydrogen-bond acceptors (Lipinski definition) is 5. The van der Waals surface area contributed by atoms with Gasteiger partial charge in [0.15, 0.2) is 5.76 Å². The van der Waals surface area contributed by atoms with E-state index in [0.717, 1.165) is 18.4 Å². The number of benzene rings is 1. The minimum Gasteiger partial charge on any atom is -0.459 e. The SMILES string of the molecule is CCc1ccc(C2=C(C)C(N3CCCN(C(=O)c4ccco4)CC3)=NS2(=O)=O)cc1. The van der Waals surface area contributed by atoms with Gasteiger partial charge in [0.25, 0.3) is 15.9 Å². The molecule has 2 aliphatic heterocycles. The molecule has 30 heavy (non-hydrogen) atoms. The molecule has 0 N–H and O–H groups in total. The van der Waals surface area contributed by atoms with Crippen molar-refractivity contribution in [3.8, 4) is 0 Å². The summed E-state index contributed by atoms with van der Waals surface area (Å²) in [6.07, 6.45) is 3.10. The van der Waals surface area contributed by atoms with Gasteiger partial charge in [0, 0.05) is 31.8 Å². The van der Waals surface area contributed by atoms with Gasteiger partial charge in [-0.05, 0) is 43.0 Å². The average molecular weight is 428 g/mol. The lowest BCUT2D eigenvalue weighted by atomic mass is 10.1. The van der Waals surface area contributed by atoms with Gasteiger partial charge in [-0.25, -0.2) is 0 Å². The Bertz CT molecular complexity index is 1100. The largest absolute Gasteiger partial charge is 0.459 e. The Balaban J connectivity index is 1.56. The summed E-state index contributed by atoms with van der Waals surface area (Å²) in [5.41, 5.74) is 2.47. The number of carbonyl (C=O) groups is 1. The van der Waals surface area contributed by atoms with E-state index in [4.69, 9.17) is 4.42 Å². The Labute approximate surface area is 176 Å². The third-order valence-corrected chi connectivity index (χ3v) is 7.05. The number of amidine groups is 1. The molecular weight excluding hydrogens is 402 g/mol. The van der Waals surface area contributed by atoms with Crippen molar-refractivity contribution in [1.29, 1.82) is 0 Å². The van der Waals surface area contributed by atoms with Gasteiger partial charge >= 0.3 is 0 Å². The maximum absolute atomic E-state index is 12.8. The molecule has 7 nitrogen and oxygen atoms in total. The van der Waals surface area contributed by atoms with Gasteiger partial charge in [0.1, 0.15) is 10.7 Å². The van der Waals surface area contributed by atoms with Crippen LogP contribution in [0, 0.1) is 0 Å². The van der Waals surface area contributed by atoms with Crippen molar-refractivity contribution in [3.63, 3.8) is 0 Å². The van der Waals surface area contributed by atoms with E-state index in [-0.39, 0.29) is 10.8 Å². The van der Waals surface area contributed by atoms with Crippen LogP contribution in [0.3, 0.4) is 0 Å². The first-order valence-electron chi connectivity index (χ1n) is 10.1. The van der Waals surface area contributed by atoms with E-state index in [1.165, 1.54) is 6.26 Å². The Morgan fingerprint density at radius 2 is 1.87 bits per heavy atom. The number of carbonyl (C=O) groups excluding carboxylic acids is 1. The number of furan rings is 1. The van der Waals surface area contributed by atoms with Crippen molar-refractivity contribution < 1.29 is 17.6 Å². The summed E-state index contributed by atoms with van der Waals surface area (Å²) in [6.45, 7) is 6.09.